The molecule has 2 saturated heterocycles. The molecule has 1 unspecified atom stereocenters. The van der Waals surface area contributed by atoms with Gasteiger partial charge in [-0.25, -0.2) is 8.42 Å². The van der Waals surface area contributed by atoms with Crippen LogP contribution in [-0.4, -0.2) is 61.9 Å². The highest BCUT2D eigenvalue weighted by molar-refractivity contribution is 7.89. The van der Waals surface area contributed by atoms with Gasteiger partial charge in [0, 0.05) is 32.0 Å². The van der Waals surface area contributed by atoms with E-state index in [1.165, 1.54) is 4.31 Å². The van der Waals surface area contributed by atoms with Gasteiger partial charge in [0.2, 0.25) is 10.0 Å². The molecule has 2 fully saturated rings. The van der Waals surface area contributed by atoms with Crippen molar-refractivity contribution in [3.8, 4) is 11.5 Å². The molecule has 0 bridgehead atoms. The Bertz CT molecular complexity index is 798. The molecule has 1 aromatic carbocycles. The smallest absolute Gasteiger partial charge is 0.243 e. The van der Waals surface area contributed by atoms with Crippen LogP contribution in [0.4, 0.5) is 0 Å². The zero-order chi connectivity index (χ0) is 19.1. The molecule has 0 aromatic heterocycles. The number of sulfonamides is 1. The van der Waals surface area contributed by atoms with Crippen molar-refractivity contribution in [1.82, 2.24) is 4.31 Å². The Hall–Kier alpha value is -1.35. The Morgan fingerprint density at radius 1 is 1.04 bits per heavy atom. The van der Waals surface area contributed by atoms with Crippen LogP contribution in [0.5, 0.6) is 11.5 Å². The van der Waals surface area contributed by atoms with E-state index in [-0.39, 0.29) is 4.90 Å². The van der Waals surface area contributed by atoms with E-state index in [0.29, 0.717) is 70.1 Å². The van der Waals surface area contributed by atoms with Gasteiger partial charge in [-0.3, -0.25) is 0 Å². The van der Waals surface area contributed by atoms with E-state index >= 15 is 0 Å². The third-order valence-electron chi connectivity index (χ3n) is 5.74. The summed E-state index contributed by atoms with van der Waals surface area (Å²) < 4.78 is 44.9. The van der Waals surface area contributed by atoms with E-state index in [1.54, 1.807) is 18.2 Å². The third-order valence-corrected chi connectivity index (χ3v) is 7.64. The number of rotatable bonds is 2. The molecule has 8 heteroatoms. The van der Waals surface area contributed by atoms with Gasteiger partial charge in [0.15, 0.2) is 11.5 Å². The lowest BCUT2D eigenvalue weighted by Crippen LogP contribution is -2.54. The number of benzene rings is 1. The molecule has 150 valence electrons. The largest absolute Gasteiger partial charge is 0.490 e. The topological polar surface area (TPSA) is 85.3 Å². The lowest BCUT2D eigenvalue weighted by molar-refractivity contribution is -0.168. The van der Waals surface area contributed by atoms with Crippen molar-refractivity contribution in [3.05, 3.63) is 18.2 Å². The molecule has 1 N–H and O–H groups in total. The first-order valence-corrected chi connectivity index (χ1v) is 11.0. The summed E-state index contributed by atoms with van der Waals surface area (Å²) in [6, 6.07) is 4.80. The van der Waals surface area contributed by atoms with Crippen molar-refractivity contribution in [2.24, 2.45) is 0 Å². The highest BCUT2D eigenvalue weighted by Crippen LogP contribution is 2.41. The second kappa shape index (κ2) is 6.92. The summed E-state index contributed by atoms with van der Waals surface area (Å²) in [4.78, 5) is 0.222. The van der Waals surface area contributed by atoms with Gasteiger partial charge in [-0.2, -0.15) is 4.31 Å². The predicted octanol–water partition coefficient (Wildman–Crippen LogP) is 1.93. The summed E-state index contributed by atoms with van der Waals surface area (Å²) >= 11 is 0. The standard InChI is InChI=1S/C19H27NO6S/c1-18(21)7-12-26-19(14-18)5-8-20(9-6-19)27(22,23)15-3-4-16-17(13-15)25-11-2-10-24-16/h3-4,13,21H,2,5-12,14H2,1H3. The van der Waals surface area contributed by atoms with Crippen LogP contribution in [0.3, 0.4) is 0 Å². The molecule has 0 aliphatic carbocycles. The average molecular weight is 397 g/mol. The number of fused-ring (bicyclic) bond motifs is 1. The lowest BCUT2D eigenvalue weighted by atomic mass is 9.78. The van der Waals surface area contributed by atoms with Crippen LogP contribution in [0.2, 0.25) is 0 Å². The number of piperidine rings is 1. The molecular weight excluding hydrogens is 370 g/mol. The number of ether oxygens (including phenoxy) is 3. The summed E-state index contributed by atoms with van der Waals surface area (Å²) in [7, 11) is -3.61. The maximum Gasteiger partial charge on any atom is 0.243 e. The van der Waals surface area contributed by atoms with Gasteiger partial charge in [0.25, 0.3) is 0 Å². The van der Waals surface area contributed by atoms with Crippen molar-refractivity contribution < 1.29 is 27.7 Å². The number of nitrogens with zero attached hydrogens (tertiary/aromatic N) is 1. The Kier molecular flexibility index (Phi) is 4.86. The van der Waals surface area contributed by atoms with E-state index in [4.69, 9.17) is 14.2 Å². The molecule has 0 saturated carbocycles. The molecule has 7 nitrogen and oxygen atoms in total. The lowest BCUT2D eigenvalue weighted by Gasteiger charge is -2.47. The van der Waals surface area contributed by atoms with E-state index in [0.717, 1.165) is 6.42 Å². The van der Waals surface area contributed by atoms with Gasteiger partial charge in [0.05, 0.1) is 35.9 Å². The molecule has 3 aliphatic rings. The molecule has 0 radical (unpaired) electrons. The summed E-state index contributed by atoms with van der Waals surface area (Å²) in [6.07, 6.45) is 3.13. The van der Waals surface area contributed by atoms with Crippen molar-refractivity contribution in [2.45, 2.75) is 55.1 Å². The Balaban J connectivity index is 1.50. The van der Waals surface area contributed by atoms with Crippen LogP contribution in [0.1, 0.15) is 39.0 Å². The quantitative estimate of drug-likeness (QED) is 0.821. The van der Waals surface area contributed by atoms with Gasteiger partial charge in [-0.05, 0) is 38.3 Å². The molecule has 1 aromatic rings. The zero-order valence-corrected chi connectivity index (χ0v) is 16.5. The van der Waals surface area contributed by atoms with Gasteiger partial charge >= 0.3 is 0 Å². The van der Waals surface area contributed by atoms with E-state index in [2.05, 4.69) is 0 Å². The van der Waals surface area contributed by atoms with Crippen LogP contribution in [-0.2, 0) is 14.8 Å². The summed E-state index contributed by atoms with van der Waals surface area (Å²) in [5, 5.41) is 10.4. The van der Waals surface area contributed by atoms with E-state index < -0.39 is 21.2 Å². The second-order valence-electron chi connectivity index (χ2n) is 8.02. The van der Waals surface area contributed by atoms with Crippen LogP contribution < -0.4 is 9.47 Å². The molecule has 3 heterocycles. The molecule has 27 heavy (non-hydrogen) atoms. The maximum absolute atomic E-state index is 13.1. The fourth-order valence-electron chi connectivity index (χ4n) is 4.23. The first-order valence-electron chi connectivity index (χ1n) is 9.56. The highest BCUT2D eigenvalue weighted by atomic mass is 32.2. The number of hydrogen-bond donors (Lipinski definition) is 1. The Morgan fingerprint density at radius 2 is 1.74 bits per heavy atom. The predicted molar refractivity (Wildman–Crippen MR) is 98.6 cm³/mol. The zero-order valence-electron chi connectivity index (χ0n) is 15.6. The van der Waals surface area contributed by atoms with Gasteiger partial charge in [0.1, 0.15) is 0 Å². The van der Waals surface area contributed by atoms with Crippen LogP contribution in [0.25, 0.3) is 0 Å². The molecular formula is C19H27NO6S. The number of hydrogen-bond acceptors (Lipinski definition) is 6. The fourth-order valence-corrected chi connectivity index (χ4v) is 5.69. The van der Waals surface area contributed by atoms with Crippen molar-refractivity contribution >= 4 is 10.0 Å². The number of aliphatic hydroxyl groups is 1. The van der Waals surface area contributed by atoms with Crippen molar-refractivity contribution in [3.63, 3.8) is 0 Å². The summed E-state index contributed by atoms with van der Waals surface area (Å²) in [5.41, 5.74) is -1.16. The first kappa shape index (κ1) is 19.0. The van der Waals surface area contributed by atoms with E-state index in [9.17, 15) is 13.5 Å². The minimum atomic E-state index is -3.61. The summed E-state index contributed by atoms with van der Waals surface area (Å²) in [6.45, 7) is 4.19. The van der Waals surface area contributed by atoms with Crippen molar-refractivity contribution in [2.75, 3.05) is 32.9 Å². The molecule has 3 aliphatic heterocycles. The average Bonchev–Trinajstić information content (AvgIpc) is 2.86. The first-order chi connectivity index (χ1) is 12.8. The molecule has 4 rings (SSSR count). The normalized spacial score (nSPS) is 28.7. The van der Waals surface area contributed by atoms with Crippen LogP contribution >= 0.6 is 0 Å². The van der Waals surface area contributed by atoms with Crippen LogP contribution in [0.15, 0.2) is 23.1 Å². The fraction of sp³-hybridized carbons (Fsp3) is 0.684. The molecule has 1 atom stereocenters. The van der Waals surface area contributed by atoms with E-state index in [1.807, 2.05) is 6.92 Å². The molecule has 1 spiro atoms. The Labute approximate surface area is 160 Å². The van der Waals surface area contributed by atoms with Gasteiger partial charge < -0.3 is 19.3 Å². The summed E-state index contributed by atoms with van der Waals surface area (Å²) in [5.74, 6) is 1.07. The molecule has 0 amide bonds. The monoisotopic (exact) mass is 397 g/mol. The highest BCUT2D eigenvalue weighted by Gasteiger charge is 2.46. The van der Waals surface area contributed by atoms with Gasteiger partial charge in [-0.15, -0.1) is 0 Å². The second-order valence-corrected chi connectivity index (χ2v) is 9.96. The maximum atomic E-state index is 13.1. The minimum Gasteiger partial charge on any atom is -0.490 e. The third kappa shape index (κ3) is 3.81. The SMILES string of the molecule is CC1(O)CCOC2(CCN(S(=O)(=O)c3ccc4c(c3)OCCCO4)CC2)C1. The minimum absolute atomic E-state index is 0.222. The Morgan fingerprint density at radius 3 is 2.44 bits per heavy atom. The van der Waals surface area contributed by atoms with Crippen LogP contribution in [0, 0.1) is 0 Å². The van der Waals surface area contributed by atoms with Gasteiger partial charge in [-0.1, -0.05) is 0 Å². The van der Waals surface area contributed by atoms with Crippen molar-refractivity contribution in [1.29, 1.82) is 0 Å².